The number of hydrogen-bond donors (Lipinski definition) is 0. The zero-order valence-electron chi connectivity index (χ0n) is 27.0. The van der Waals surface area contributed by atoms with Gasteiger partial charge in [-0.05, 0) is 106 Å². The van der Waals surface area contributed by atoms with Gasteiger partial charge in [0.1, 0.15) is 17.3 Å². The largest absolute Gasteiger partial charge is 0.457 e. The van der Waals surface area contributed by atoms with E-state index in [9.17, 15) is 9.18 Å². The van der Waals surface area contributed by atoms with Gasteiger partial charge in [0.05, 0.1) is 0 Å². The number of amides is 1. The van der Waals surface area contributed by atoms with E-state index in [2.05, 4.69) is 52.3 Å². The standard InChI is InChI=1S/C37H46FN5O2/c1-28-29(2)43(16-5-15-40-20-18-39(3)19-21-40)36-13-12-34(27-35(28)36)45-33-10-8-31(9-11-33)37(44)42-24-22-41(23-25-42)17-14-30-6-4-7-32(38)26-30/h4,6-13,26-27H,5,14-25H2,1-3H3. The molecule has 0 atom stereocenters. The number of likely N-dealkylation sites (N-methyl/N-ethyl adjacent to an activating group) is 1. The van der Waals surface area contributed by atoms with Crippen molar-refractivity contribution in [3.8, 4) is 11.5 Å². The van der Waals surface area contributed by atoms with Crippen molar-refractivity contribution in [3.63, 3.8) is 0 Å². The molecule has 0 unspecified atom stereocenters. The molecule has 0 N–H and O–H groups in total. The molecule has 2 fully saturated rings. The van der Waals surface area contributed by atoms with E-state index in [1.165, 1.54) is 28.2 Å². The maximum Gasteiger partial charge on any atom is 0.253 e. The van der Waals surface area contributed by atoms with E-state index >= 15 is 0 Å². The number of carbonyl (C=O) groups excluding carboxylic acids is 1. The zero-order chi connectivity index (χ0) is 31.3. The third kappa shape index (κ3) is 7.57. The first-order valence-corrected chi connectivity index (χ1v) is 16.4. The molecule has 0 spiro atoms. The van der Waals surface area contributed by atoms with Gasteiger partial charge in [0.25, 0.3) is 5.91 Å². The molecule has 3 heterocycles. The molecule has 1 aromatic heterocycles. The lowest BCUT2D eigenvalue weighted by atomic mass is 10.1. The van der Waals surface area contributed by atoms with E-state index in [-0.39, 0.29) is 11.7 Å². The maximum atomic E-state index is 13.5. The second-order valence-electron chi connectivity index (χ2n) is 12.7. The van der Waals surface area contributed by atoms with Gasteiger partial charge < -0.3 is 24.0 Å². The minimum atomic E-state index is -0.191. The highest BCUT2D eigenvalue weighted by Crippen LogP contribution is 2.31. The molecule has 0 saturated carbocycles. The lowest BCUT2D eigenvalue weighted by molar-refractivity contribution is 0.0638. The number of aromatic nitrogens is 1. The second kappa shape index (κ2) is 14.1. The predicted molar refractivity (Wildman–Crippen MR) is 179 cm³/mol. The van der Waals surface area contributed by atoms with Crippen LogP contribution >= 0.6 is 0 Å². The van der Waals surface area contributed by atoms with Crippen LogP contribution in [0.3, 0.4) is 0 Å². The highest BCUT2D eigenvalue weighted by Gasteiger charge is 2.22. The molecule has 0 aliphatic carbocycles. The van der Waals surface area contributed by atoms with Crippen molar-refractivity contribution in [1.82, 2.24) is 24.2 Å². The summed E-state index contributed by atoms with van der Waals surface area (Å²) in [6, 6.07) is 20.6. The normalized spacial score (nSPS) is 16.8. The maximum absolute atomic E-state index is 13.5. The summed E-state index contributed by atoms with van der Waals surface area (Å²) < 4.78 is 22.2. The van der Waals surface area contributed by atoms with E-state index < -0.39 is 0 Å². The molecule has 3 aromatic carbocycles. The van der Waals surface area contributed by atoms with Crippen LogP contribution in [-0.4, -0.2) is 103 Å². The summed E-state index contributed by atoms with van der Waals surface area (Å²) in [4.78, 5) is 22.5. The molecule has 4 aromatic rings. The van der Waals surface area contributed by atoms with Crippen LogP contribution in [0.25, 0.3) is 10.9 Å². The van der Waals surface area contributed by atoms with Gasteiger partial charge >= 0.3 is 0 Å². The number of nitrogens with zero attached hydrogens (tertiary/aromatic N) is 5. The Hall–Kier alpha value is -3.72. The fourth-order valence-corrected chi connectivity index (χ4v) is 6.64. The summed E-state index contributed by atoms with van der Waals surface area (Å²) in [6.45, 7) is 15.1. The first-order chi connectivity index (χ1) is 21.8. The van der Waals surface area contributed by atoms with Crippen LogP contribution in [0.4, 0.5) is 4.39 Å². The minimum absolute atomic E-state index is 0.0489. The Bertz CT molecular complexity index is 1600. The van der Waals surface area contributed by atoms with Crippen LogP contribution in [0.1, 0.15) is 33.6 Å². The number of ether oxygens (including phenoxy) is 1. The SMILES string of the molecule is Cc1c(C)n(CCCN2CCN(C)CC2)c2ccc(Oc3ccc(C(=O)N4CCN(CCc5cccc(F)c5)CC4)cc3)cc12. The topological polar surface area (TPSA) is 44.2 Å². The first kappa shape index (κ1) is 31.3. The van der Waals surface area contributed by atoms with Gasteiger partial charge in [0, 0.05) is 87.6 Å². The predicted octanol–water partition coefficient (Wildman–Crippen LogP) is 5.83. The molecule has 7 nitrogen and oxygen atoms in total. The number of aryl methyl sites for hydroxylation is 2. The number of benzene rings is 3. The van der Waals surface area contributed by atoms with Crippen molar-refractivity contribution in [2.24, 2.45) is 0 Å². The molecule has 45 heavy (non-hydrogen) atoms. The van der Waals surface area contributed by atoms with Gasteiger partial charge in [-0.1, -0.05) is 12.1 Å². The zero-order valence-corrected chi connectivity index (χ0v) is 27.0. The highest BCUT2D eigenvalue weighted by atomic mass is 19.1. The molecule has 2 aliphatic rings. The monoisotopic (exact) mass is 611 g/mol. The molecule has 2 aliphatic heterocycles. The van der Waals surface area contributed by atoms with Gasteiger partial charge in [-0.15, -0.1) is 0 Å². The van der Waals surface area contributed by atoms with Crippen molar-refractivity contribution in [2.75, 3.05) is 72.5 Å². The number of halogens is 1. The quantitative estimate of drug-likeness (QED) is 0.226. The lowest BCUT2D eigenvalue weighted by Crippen LogP contribution is -2.49. The summed E-state index contributed by atoms with van der Waals surface area (Å²) >= 11 is 0. The molecule has 0 radical (unpaired) electrons. The van der Waals surface area contributed by atoms with Crippen LogP contribution < -0.4 is 4.74 Å². The van der Waals surface area contributed by atoms with Gasteiger partial charge in [0.2, 0.25) is 0 Å². The van der Waals surface area contributed by atoms with E-state index in [1.807, 2.05) is 41.3 Å². The number of rotatable bonds is 10. The Morgan fingerprint density at radius 1 is 0.778 bits per heavy atom. The Morgan fingerprint density at radius 2 is 1.47 bits per heavy atom. The fourth-order valence-electron chi connectivity index (χ4n) is 6.64. The summed E-state index contributed by atoms with van der Waals surface area (Å²) in [5.41, 5.74) is 5.55. The van der Waals surface area contributed by atoms with E-state index in [0.29, 0.717) is 24.4 Å². The van der Waals surface area contributed by atoms with E-state index in [4.69, 9.17) is 4.74 Å². The van der Waals surface area contributed by atoms with Crippen molar-refractivity contribution in [2.45, 2.75) is 33.2 Å². The minimum Gasteiger partial charge on any atom is -0.457 e. The second-order valence-corrected chi connectivity index (χ2v) is 12.7. The number of piperazine rings is 2. The molecule has 2 saturated heterocycles. The molecular weight excluding hydrogens is 565 g/mol. The molecular formula is C37H46FN5O2. The van der Waals surface area contributed by atoms with Crippen molar-refractivity contribution in [1.29, 1.82) is 0 Å². The van der Waals surface area contributed by atoms with Crippen molar-refractivity contribution >= 4 is 16.8 Å². The summed E-state index contributed by atoms with van der Waals surface area (Å²) in [5, 5.41) is 1.23. The average molecular weight is 612 g/mol. The molecule has 8 heteroatoms. The molecule has 1 amide bonds. The van der Waals surface area contributed by atoms with Crippen LogP contribution in [0.2, 0.25) is 0 Å². The van der Waals surface area contributed by atoms with Crippen LogP contribution in [-0.2, 0) is 13.0 Å². The van der Waals surface area contributed by atoms with Gasteiger partial charge in [-0.25, -0.2) is 4.39 Å². The lowest BCUT2D eigenvalue weighted by Gasteiger charge is -2.34. The molecule has 6 rings (SSSR count). The van der Waals surface area contributed by atoms with Gasteiger partial charge in [-0.3, -0.25) is 9.69 Å². The third-order valence-electron chi connectivity index (χ3n) is 9.66. The summed E-state index contributed by atoms with van der Waals surface area (Å²) in [6.07, 6.45) is 1.95. The fraction of sp³-hybridized carbons (Fsp3) is 0.432. The summed E-state index contributed by atoms with van der Waals surface area (Å²) in [5.74, 6) is 1.37. The smallest absolute Gasteiger partial charge is 0.253 e. The number of hydrogen-bond acceptors (Lipinski definition) is 5. The number of fused-ring (bicyclic) bond motifs is 1. The number of carbonyl (C=O) groups is 1. The van der Waals surface area contributed by atoms with Crippen LogP contribution in [0.5, 0.6) is 11.5 Å². The van der Waals surface area contributed by atoms with Crippen molar-refractivity contribution < 1.29 is 13.9 Å². The van der Waals surface area contributed by atoms with E-state index in [1.54, 1.807) is 12.1 Å². The van der Waals surface area contributed by atoms with Gasteiger partial charge in [-0.2, -0.15) is 0 Å². The van der Waals surface area contributed by atoms with E-state index in [0.717, 1.165) is 83.1 Å². The molecule has 238 valence electrons. The van der Waals surface area contributed by atoms with Crippen LogP contribution in [0.15, 0.2) is 66.7 Å². The highest BCUT2D eigenvalue weighted by molar-refractivity contribution is 5.94. The van der Waals surface area contributed by atoms with Crippen LogP contribution in [0, 0.1) is 19.7 Å². The average Bonchev–Trinajstić information content (AvgIpc) is 3.29. The first-order valence-electron chi connectivity index (χ1n) is 16.4. The Balaban J connectivity index is 1.01. The summed E-state index contributed by atoms with van der Waals surface area (Å²) in [7, 11) is 2.20. The van der Waals surface area contributed by atoms with Crippen molar-refractivity contribution in [3.05, 3.63) is 94.9 Å². The Labute approximate surface area is 266 Å². The Morgan fingerprint density at radius 3 is 2.20 bits per heavy atom. The van der Waals surface area contributed by atoms with Gasteiger partial charge in [0.15, 0.2) is 0 Å². The molecule has 0 bridgehead atoms. The third-order valence-corrected chi connectivity index (χ3v) is 9.66. The Kier molecular flexibility index (Phi) is 9.83.